The van der Waals surface area contributed by atoms with Gasteiger partial charge in [0.2, 0.25) is 5.91 Å². The highest BCUT2D eigenvalue weighted by Crippen LogP contribution is 2.29. The second kappa shape index (κ2) is 6.17. The highest BCUT2D eigenvalue weighted by atomic mass is 16.3. The number of aryl methyl sites for hydroxylation is 1. The Morgan fingerprint density at radius 1 is 1.53 bits per heavy atom. The molecule has 104 valence electrons. The van der Waals surface area contributed by atoms with E-state index in [1.54, 1.807) is 14.0 Å². The van der Waals surface area contributed by atoms with Gasteiger partial charge in [-0.05, 0) is 37.3 Å². The number of amides is 1. The third-order valence-corrected chi connectivity index (χ3v) is 3.56. The van der Waals surface area contributed by atoms with Crippen LogP contribution in [0.5, 0.6) is 0 Å². The molecule has 1 amide bonds. The van der Waals surface area contributed by atoms with Crippen molar-refractivity contribution in [1.82, 2.24) is 10.4 Å². The molecule has 1 aromatic carbocycles. The molecular weight excluding hydrogens is 240 g/mol. The van der Waals surface area contributed by atoms with E-state index >= 15 is 0 Å². The first-order valence-corrected chi connectivity index (χ1v) is 6.86. The van der Waals surface area contributed by atoms with E-state index in [9.17, 15) is 9.90 Å². The van der Waals surface area contributed by atoms with E-state index < -0.39 is 6.10 Å². The molecule has 4 nitrogen and oxygen atoms in total. The molecular formula is C15H22N2O2. The summed E-state index contributed by atoms with van der Waals surface area (Å²) in [5, 5.41) is 10.8. The van der Waals surface area contributed by atoms with Crippen LogP contribution in [-0.2, 0) is 11.2 Å². The molecule has 0 aromatic heterocycles. The molecule has 1 aliphatic carbocycles. The first-order chi connectivity index (χ1) is 9.08. The fraction of sp³-hybridized carbons (Fsp3) is 0.533. The predicted molar refractivity (Wildman–Crippen MR) is 74.3 cm³/mol. The van der Waals surface area contributed by atoms with Crippen LogP contribution in [0.1, 0.15) is 43.4 Å². The summed E-state index contributed by atoms with van der Waals surface area (Å²) in [6.45, 7) is 1.63. The summed E-state index contributed by atoms with van der Waals surface area (Å²) in [7, 11) is 1.72. The van der Waals surface area contributed by atoms with Gasteiger partial charge in [-0.15, -0.1) is 0 Å². The quantitative estimate of drug-likeness (QED) is 0.814. The summed E-state index contributed by atoms with van der Waals surface area (Å²) in [5.41, 5.74) is 5.90. The highest BCUT2D eigenvalue weighted by Gasteiger charge is 2.22. The Morgan fingerprint density at radius 3 is 3.00 bits per heavy atom. The minimum absolute atomic E-state index is 0.0851. The van der Waals surface area contributed by atoms with Gasteiger partial charge in [-0.1, -0.05) is 24.3 Å². The van der Waals surface area contributed by atoms with Gasteiger partial charge in [-0.2, -0.15) is 0 Å². The Balaban J connectivity index is 2.02. The molecule has 0 heterocycles. The van der Waals surface area contributed by atoms with Gasteiger partial charge >= 0.3 is 0 Å². The lowest BCUT2D eigenvalue weighted by atomic mass is 9.88. The number of aliphatic hydroxyl groups excluding tert-OH is 1. The smallest absolute Gasteiger partial charge is 0.239 e. The topological polar surface area (TPSA) is 52.6 Å². The summed E-state index contributed by atoms with van der Waals surface area (Å²) in [6.07, 6.45) is 2.82. The summed E-state index contributed by atoms with van der Waals surface area (Å²) >= 11 is 0. The lowest BCUT2D eigenvalue weighted by Crippen LogP contribution is -2.43. The van der Waals surface area contributed by atoms with Crippen molar-refractivity contribution in [3.63, 3.8) is 0 Å². The SMILES string of the molecule is CC(O)CC(=O)N(C)NC1CCCc2ccccc21. The molecule has 4 heteroatoms. The van der Waals surface area contributed by atoms with Crippen LogP contribution >= 0.6 is 0 Å². The van der Waals surface area contributed by atoms with Gasteiger partial charge in [-0.3, -0.25) is 9.80 Å². The molecule has 2 N–H and O–H groups in total. The zero-order chi connectivity index (χ0) is 13.8. The summed E-state index contributed by atoms with van der Waals surface area (Å²) < 4.78 is 0. The zero-order valence-corrected chi connectivity index (χ0v) is 11.6. The molecule has 0 saturated carbocycles. The minimum Gasteiger partial charge on any atom is -0.393 e. The normalized spacial score (nSPS) is 19.6. The van der Waals surface area contributed by atoms with Gasteiger partial charge in [0.25, 0.3) is 0 Å². The van der Waals surface area contributed by atoms with E-state index in [-0.39, 0.29) is 18.4 Å². The van der Waals surface area contributed by atoms with Crippen LogP contribution in [0.25, 0.3) is 0 Å². The number of hydrogen-bond donors (Lipinski definition) is 2. The number of nitrogens with one attached hydrogen (secondary N) is 1. The first kappa shape index (κ1) is 14.0. The first-order valence-electron chi connectivity index (χ1n) is 6.86. The third kappa shape index (κ3) is 3.55. The number of benzene rings is 1. The standard InChI is InChI=1S/C15H22N2O2/c1-11(18)10-15(19)17(2)16-14-9-5-7-12-6-3-4-8-13(12)14/h3-4,6,8,11,14,16,18H,5,7,9-10H2,1-2H3. The van der Waals surface area contributed by atoms with Crippen molar-refractivity contribution in [2.75, 3.05) is 7.05 Å². The number of nitrogens with zero attached hydrogens (tertiary/aromatic N) is 1. The van der Waals surface area contributed by atoms with Crippen LogP contribution in [0.4, 0.5) is 0 Å². The zero-order valence-electron chi connectivity index (χ0n) is 11.6. The molecule has 0 radical (unpaired) electrons. The molecule has 2 atom stereocenters. The number of rotatable bonds is 4. The van der Waals surface area contributed by atoms with Gasteiger partial charge in [0.15, 0.2) is 0 Å². The molecule has 0 bridgehead atoms. The lowest BCUT2D eigenvalue weighted by Gasteiger charge is -2.31. The number of fused-ring (bicyclic) bond motifs is 1. The second-order valence-electron chi connectivity index (χ2n) is 5.28. The van der Waals surface area contributed by atoms with Crippen LogP contribution in [0.15, 0.2) is 24.3 Å². The van der Waals surface area contributed by atoms with Crippen molar-refractivity contribution in [2.24, 2.45) is 0 Å². The average Bonchev–Trinajstić information content (AvgIpc) is 2.38. The molecule has 0 fully saturated rings. The predicted octanol–water partition coefficient (Wildman–Crippen LogP) is 1.80. The van der Waals surface area contributed by atoms with Crippen molar-refractivity contribution >= 4 is 5.91 Å². The molecule has 0 aliphatic heterocycles. The molecule has 0 saturated heterocycles. The summed E-state index contributed by atoms with van der Waals surface area (Å²) in [6, 6.07) is 8.56. The Labute approximate surface area is 114 Å². The van der Waals surface area contributed by atoms with Crippen molar-refractivity contribution in [1.29, 1.82) is 0 Å². The maximum atomic E-state index is 11.8. The van der Waals surface area contributed by atoms with Crippen molar-refractivity contribution < 1.29 is 9.90 Å². The Bertz CT molecular complexity index is 446. The average molecular weight is 262 g/mol. The highest BCUT2D eigenvalue weighted by molar-refractivity contribution is 5.75. The van der Waals surface area contributed by atoms with Gasteiger partial charge in [0, 0.05) is 7.05 Å². The van der Waals surface area contributed by atoms with Crippen molar-refractivity contribution in [2.45, 2.75) is 44.8 Å². The van der Waals surface area contributed by atoms with E-state index in [1.165, 1.54) is 16.1 Å². The third-order valence-electron chi connectivity index (χ3n) is 3.56. The molecule has 2 unspecified atom stereocenters. The number of hydrazine groups is 1. The number of aliphatic hydroxyl groups is 1. The Kier molecular flexibility index (Phi) is 4.56. The number of hydrogen-bond acceptors (Lipinski definition) is 3. The van der Waals surface area contributed by atoms with E-state index in [2.05, 4.69) is 23.6 Å². The van der Waals surface area contributed by atoms with Crippen LogP contribution in [0.2, 0.25) is 0 Å². The summed E-state index contributed by atoms with van der Waals surface area (Å²) in [5.74, 6) is -0.0851. The van der Waals surface area contributed by atoms with Crippen LogP contribution < -0.4 is 5.43 Å². The molecule has 0 spiro atoms. The summed E-state index contributed by atoms with van der Waals surface area (Å²) in [4.78, 5) is 11.8. The maximum Gasteiger partial charge on any atom is 0.239 e. The van der Waals surface area contributed by atoms with Gasteiger partial charge in [0.1, 0.15) is 0 Å². The number of carbonyl (C=O) groups excluding carboxylic acids is 1. The van der Waals surface area contributed by atoms with E-state index in [0.29, 0.717) is 0 Å². The van der Waals surface area contributed by atoms with E-state index in [1.807, 2.05) is 6.07 Å². The Morgan fingerprint density at radius 2 is 2.26 bits per heavy atom. The van der Waals surface area contributed by atoms with Gasteiger partial charge in [-0.25, -0.2) is 5.43 Å². The lowest BCUT2D eigenvalue weighted by molar-refractivity contribution is -0.135. The van der Waals surface area contributed by atoms with Gasteiger partial charge in [0.05, 0.1) is 18.6 Å². The van der Waals surface area contributed by atoms with E-state index in [0.717, 1.165) is 19.3 Å². The Hall–Kier alpha value is -1.39. The van der Waals surface area contributed by atoms with Crippen LogP contribution in [0, 0.1) is 0 Å². The fourth-order valence-electron chi connectivity index (χ4n) is 2.58. The minimum atomic E-state index is -0.601. The fourth-order valence-corrected chi connectivity index (χ4v) is 2.58. The second-order valence-corrected chi connectivity index (χ2v) is 5.28. The van der Waals surface area contributed by atoms with E-state index in [4.69, 9.17) is 0 Å². The molecule has 1 aromatic rings. The largest absolute Gasteiger partial charge is 0.393 e. The molecule has 2 rings (SSSR count). The van der Waals surface area contributed by atoms with Crippen LogP contribution in [-0.4, -0.2) is 29.2 Å². The van der Waals surface area contributed by atoms with Crippen LogP contribution in [0.3, 0.4) is 0 Å². The molecule has 19 heavy (non-hydrogen) atoms. The maximum absolute atomic E-state index is 11.8. The molecule has 1 aliphatic rings. The monoisotopic (exact) mass is 262 g/mol. The van der Waals surface area contributed by atoms with Crippen molar-refractivity contribution in [3.05, 3.63) is 35.4 Å². The van der Waals surface area contributed by atoms with Gasteiger partial charge < -0.3 is 5.11 Å². The van der Waals surface area contributed by atoms with Crippen molar-refractivity contribution in [3.8, 4) is 0 Å². The number of carbonyl (C=O) groups is 1.